The molecule has 0 amide bonds. The maximum Gasteiger partial charge on any atom is 0.174 e. The van der Waals surface area contributed by atoms with E-state index in [2.05, 4.69) is 0 Å². The van der Waals surface area contributed by atoms with Gasteiger partial charge in [-0.1, -0.05) is 60.7 Å². The highest BCUT2D eigenvalue weighted by Crippen LogP contribution is 2.36. The van der Waals surface area contributed by atoms with Gasteiger partial charge in [-0.05, 0) is 18.4 Å². The largest absolute Gasteiger partial charge is 0.384 e. The summed E-state index contributed by atoms with van der Waals surface area (Å²) in [6.07, 6.45) is 3.10. The fraction of sp³-hybridized carbons (Fsp3) is 0.435. The van der Waals surface area contributed by atoms with Crippen molar-refractivity contribution in [2.75, 3.05) is 26.2 Å². The Labute approximate surface area is 160 Å². The van der Waals surface area contributed by atoms with Crippen molar-refractivity contribution in [1.29, 1.82) is 0 Å². The summed E-state index contributed by atoms with van der Waals surface area (Å²) in [5, 5.41) is 11.6. The van der Waals surface area contributed by atoms with Gasteiger partial charge in [0.2, 0.25) is 0 Å². The first-order valence-electron chi connectivity index (χ1n) is 9.99. The zero-order valence-corrected chi connectivity index (χ0v) is 15.6. The van der Waals surface area contributed by atoms with Crippen molar-refractivity contribution in [3.05, 3.63) is 71.8 Å². The lowest BCUT2D eigenvalue weighted by Gasteiger charge is -2.42. The van der Waals surface area contributed by atoms with Gasteiger partial charge in [0.1, 0.15) is 24.2 Å². The molecule has 2 N–H and O–H groups in total. The molecular formula is C23H28NO3+. The number of carbonyl (C=O) groups excluding carboxylic acids is 1. The summed E-state index contributed by atoms with van der Waals surface area (Å²) in [5.41, 5.74) is 0.402. The summed E-state index contributed by atoms with van der Waals surface area (Å²) < 4.78 is 5.80. The number of carbonyl (C=O) groups is 1. The van der Waals surface area contributed by atoms with Gasteiger partial charge in [-0.2, -0.15) is 0 Å². The molecule has 0 saturated carbocycles. The van der Waals surface area contributed by atoms with Crippen molar-refractivity contribution < 1.29 is 19.5 Å². The van der Waals surface area contributed by atoms with Crippen LogP contribution in [0.1, 0.15) is 35.2 Å². The van der Waals surface area contributed by atoms with Gasteiger partial charge >= 0.3 is 0 Å². The Morgan fingerprint density at radius 1 is 1.11 bits per heavy atom. The molecule has 4 rings (SSSR count). The third kappa shape index (κ3) is 3.84. The summed E-state index contributed by atoms with van der Waals surface area (Å²) >= 11 is 0. The summed E-state index contributed by atoms with van der Waals surface area (Å²) in [7, 11) is 0. The molecule has 2 saturated heterocycles. The Morgan fingerprint density at radius 2 is 1.81 bits per heavy atom. The number of Topliss-reactive ketones (excluding diaryl/α,β-unsaturated/α-hetero) is 1. The highest BCUT2D eigenvalue weighted by molar-refractivity contribution is 5.98. The highest BCUT2D eigenvalue weighted by atomic mass is 16.5. The van der Waals surface area contributed by atoms with E-state index in [-0.39, 0.29) is 11.9 Å². The number of piperidine rings is 1. The molecule has 0 spiro atoms. The molecule has 1 unspecified atom stereocenters. The molecule has 0 bridgehead atoms. The van der Waals surface area contributed by atoms with Crippen LogP contribution in [0.25, 0.3) is 0 Å². The Bertz CT molecular complexity index is 758. The van der Waals surface area contributed by atoms with Crippen LogP contribution in [0.2, 0.25) is 0 Å². The SMILES string of the molecule is O=C(c1ccccc1)[C@@H]1C[NH+](C[C@@H]2CCCO2)CC[C@]1(O)c1ccccc1. The van der Waals surface area contributed by atoms with Gasteiger partial charge in [-0.3, -0.25) is 4.79 Å². The Balaban J connectivity index is 1.61. The number of rotatable bonds is 5. The van der Waals surface area contributed by atoms with Crippen LogP contribution < -0.4 is 4.90 Å². The Kier molecular flexibility index (Phi) is 5.39. The second-order valence-corrected chi connectivity index (χ2v) is 7.87. The van der Waals surface area contributed by atoms with Gasteiger partial charge in [0.05, 0.1) is 13.1 Å². The van der Waals surface area contributed by atoms with Gasteiger partial charge < -0.3 is 14.7 Å². The van der Waals surface area contributed by atoms with Crippen molar-refractivity contribution in [3.8, 4) is 0 Å². The third-order valence-corrected chi connectivity index (χ3v) is 6.12. The number of ether oxygens (including phenoxy) is 1. The van der Waals surface area contributed by atoms with E-state index >= 15 is 0 Å². The lowest BCUT2D eigenvalue weighted by atomic mass is 9.72. The van der Waals surface area contributed by atoms with Crippen molar-refractivity contribution in [1.82, 2.24) is 0 Å². The second kappa shape index (κ2) is 7.93. The first-order valence-corrected chi connectivity index (χ1v) is 9.99. The third-order valence-electron chi connectivity index (χ3n) is 6.12. The maximum absolute atomic E-state index is 13.4. The molecule has 4 heteroatoms. The predicted molar refractivity (Wildman–Crippen MR) is 104 cm³/mol. The zero-order chi connectivity index (χ0) is 18.7. The van der Waals surface area contributed by atoms with Crippen LogP contribution >= 0.6 is 0 Å². The van der Waals surface area contributed by atoms with E-state index in [1.54, 1.807) is 0 Å². The average molecular weight is 366 g/mol. The minimum Gasteiger partial charge on any atom is -0.384 e. The number of ketones is 1. The Hall–Kier alpha value is -2.01. The number of hydrogen-bond acceptors (Lipinski definition) is 3. The average Bonchev–Trinajstić information content (AvgIpc) is 3.23. The molecule has 4 atom stereocenters. The van der Waals surface area contributed by atoms with E-state index in [0.29, 0.717) is 18.5 Å². The van der Waals surface area contributed by atoms with Crippen molar-refractivity contribution in [2.45, 2.75) is 31.0 Å². The van der Waals surface area contributed by atoms with Gasteiger partial charge in [-0.25, -0.2) is 0 Å². The highest BCUT2D eigenvalue weighted by Gasteiger charge is 2.49. The van der Waals surface area contributed by atoms with Crippen LogP contribution in [0.4, 0.5) is 0 Å². The second-order valence-electron chi connectivity index (χ2n) is 7.87. The van der Waals surface area contributed by atoms with Gasteiger partial charge in [0, 0.05) is 18.6 Å². The quantitative estimate of drug-likeness (QED) is 0.794. The predicted octanol–water partition coefficient (Wildman–Crippen LogP) is 1.84. The minimum absolute atomic E-state index is 0.0338. The number of hydrogen-bond donors (Lipinski definition) is 2. The van der Waals surface area contributed by atoms with Crippen LogP contribution in [0.5, 0.6) is 0 Å². The fourth-order valence-electron chi connectivity index (χ4n) is 4.60. The fourth-order valence-corrected chi connectivity index (χ4v) is 4.60. The molecule has 2 heterocycles. The molecule has 4 nitrogen and oxygen atoms in total. The van der Waals surface area contributed by atoms with E-state index in [4.69, 9.17) is 4.74 Å². The number of aliphatic hydroxyl groups is 1. The molecule has 0 aliphatic carbocycles. The Morgan fingerprint density at radius 3 is 2.48 bits per heavy atom. The standard InChI is InChI=1S/C23H27NO3/c25-22(18-8-3-1-4-9-18)21-17-24(16-20-12-7-15-27-20)14-13-23(21,26)19-10-5-2-6-11-19/h1-6,8-11,20-21,26H,7,12-17H2/p+1/t20-,21-,23-/m0/s1. The number of likely N-dealkylation sites (tertiary alicyclic amines) is 1. The van der Waals surface area contributed by atoms with Gasteiger partial charge in [0.25, 0.3) is 0 Å². The van der Waals surface area contributed by atoms with Crippen LogP contribution in [0, 0.1) is 5.92 Å². The smallest absolute Gasteiger partial charge is 0.174 e. The summed E-state index contributed by atoms with van der Waals surface area (Å²) in [6.45, 7) is 3.25. The van der Waals surface area contributed by atoms with Crippen LogP contribution in [-0.4, -0.2) is 43.2 Å². The monoisotopic (exact) mass is 366 g/mol. The molecule has 2 aromatic rings. The van der Waals surface area contributed by atoms with Gasteiger partial charge in [-0.15, -0.1) is 0 Å². The molecule has 142 valence electrons. The molecule has 2 fully saturated rings. The molecule has 2 aliphatic rings. The van der Waals surface area contributed by atoms with Crippen molar-refractivity contribution in [2.24, 2.45) is 5.92 Å². The summed E-state index contributed by atoms with van der Waals surface area (Å²) in [6, 6.07) is 19.1. The normalized spacial score (nSPS) is 30.9. The zero-order valence-electron chi connectivity index (χ0n) is 15.6. The van der Waals surface area contributed by atoms with E-state index in [9.17, 15) is 9.90 Å². The molecule has 2 aromatic carbocycles. The molecular weight excluding hydrogens is 338 g/mol. The molecule has 2 aliphatic heterocycles. The van der Waals surface area contributed by atoms with Crippen LogP contribution in [0.15, 0.2) is 60.7 Å². The van der Waals surface area contributed by atoms with Gasteiger partial charge in [0.15, 0.2) is 5.78 Å². The summed E-state index contributed by atoms with van der Waals surface area (Å²) in [5.74, 6) is -0.418. The minimum atomic E-state index is -1.12. The van der Waals surface area contributed by atoms with E-state index in [0.717, 1.165) is 38.1 Å². The van der Waals surface area contributed by atoms with Crippen LogP contribution in [0.3, 0.4) is 0 Å². The number of nitrogens with one attached hydrogen (secondary N) is 1. The first kappa shape index (κ1) is 18.4. The molecule has 27 heavy (non-hydrogen) atoms. The van der Waals surface area contributed by atoms with E-state index in [1.165, 1.54) is 4.90 Å². The number of quaternary nitrogens is 1. The van der Waals surface area contributed by atoms with E-state index in [1.807, 2.05) is 60.7 Å². The topological polar surface area (TPSA) is 51.0 Å². The summed E-state index contributed by atoms with van der Waals surface area (Å²) in [4.78, 5) is 14.7. The van der Waals surface area contributed by atoms with Crippen molar-refractivity contribution >= 4 is 5.78 Å². The lowest BCUT2D eigenvalue weighted by Crippen LogP contribution is -3.15. The van der Waals surface area contributed by atoms with Crippen LogP contribution in [-0.2, 0) is 10.3 Å². The lowest BCUT2D eigenvalue weighted by molar-refractivity contribution is -0.913. The van der Waals surface area contributed by atoms with E-state index < -0.39 is 11.5 Å². The number of benzene rings is 2. The maximum atomic E-state index is 13.4. The van der Waals surface area contributed by atoms with Crippen molar-refractivity contribution in [3.63, 3.8) is 0 Å². The molecule has 0 aromatic heterocycles. The first-order chi connectivity index (χ1) is 13.2. The molecule has 0 radical (unpaired) electrons.